The topological polar surface area (TPSA) is 117 Å². The Balaban J connectivity index is 1.45. The summed E-state index contributed by atoms with van der Waals surface area (Å²) in [6.07, 6.45) is 1.72. The number of sulfonamides is 1. The minimum absolute atomic E-state index is 0.0304. The summed E-state index contributed by atoms with van der Waals surface area (Å²) in [4.78, 5) is 27.4. The van der Waals surface area contributed by atoms with E-state index in [1.807, 2.05) is 0 Å². The monoisotopic (exact) mass is 446 g/mol. The van der Waals surface area contributed by atoms with Crippen LogP contribution in [0.15, 0.2) is 53.6 Å². The zero-order chi connectivity index (χ0) is 22.2. The van der Waals surface area contributed by atoms with Crippen LogP contribution in [-0.4, -0.2) is 59.6 Å². The number of amides is 1. The van der Waals surface area contributed by atoms with Crippen molar-refractivity contribution in [3.63, 3.8) is 0 Å². The number of carbonyl (C=O) groups excluding carboxylic acids is 1. The van der Waals surface area contributed by atoms with Crippen LogP contribution in [0.2, 0.25) is 0 Å². The number of fused-ring (bicyclic) bond motifs is 1. The number of nitrogens with zero attached hydrogens (tertiary/aromatic N) is 3. The Bertz CT molecular complexity index is 1270. The average Bonchev–Trinajstić information content (AvgIpc) is 3.15. The third-order valence-corrected chi connectivity index (χ3v) is 7.29. The van der Waals surface area contributed by atoms with Gasteiger partial charge in [0.25, 0.3) is 5.69 Å². The van der Waals surface area contributed by atoms with Gasteiger partial charge < -0.3 is 9.88 Å². The van der Waals surface area contributed by atoms with Gasteiger partial charge in [-0.05, 0) is 29.8 Å². The van der Waals surface area contributed by atoms with E-state index in [1.165, 1.54) is 30.3 Å². The predicted octanol–water partition coefficient (Wildman–Crippen LogP) is 2.29. The van der Waals surface area contributed by atoms with E-state index in [1.54, 1.807) is 17.2 Å². The van der Waals surface area contributed by atoms with Crippen LogP contribution in [0, 0.1) is 15.9 Å². The summed E-state index contributed by atoms with van der Waals surface area (Å²) in [5, 5.41) is 11.8. The average molecular weight is 446 g/mol. The lowest BCUT2D eigenvalue weighted by atomic mass is 10.1. The second-order valence-corrected chi connectivity index (χ2v) is 9.10. The van der Waals surface area contributed by atoms with Crippen LogP contribution in [-0.2, 0) is 21.2 Å². The number of benzene rings is 2. The Morgan fingerprint density at radius 2 is 1.84 bits per heavy atom. The standard InChI is InChI=1S/C20H19FN4O5S/c21-15-5-6-17-16(12-15)14(13-22-17)11-20(26)23-7-9-24(10-8-23)31(29,30)19-4-2-1-3-18(19)25(27)28/h1-6,12-13,22H,7-11H2. The van der Waals surface area contributed by atoms with Crippen LogP contribution in [0.25, 0.3) is 10.9 Å². The number of nitrogens with one attached hydrogen (secondary N) is 1. The van der Waals surface area contributed by atoms with Crippen LogP contribution >= 0.6 is 0 Å². The van der Waals surface area contributed by atoms with E-state index in [0.29, 0.717) is 10.9 Å². The lowest BCUT2D eigenvalue weighted by Crippen LogP contribution is -2.50. The first kappa shape index (κ1) is 20.9. The molecule has 2 heterocycles. The van der Waals surface area contributed by atoms with Gasteiger partial charge in [0.2, 0.25) is 15.9 Å². The quantitative estimate of drug-likeness (QED) is 0.477. The van der Waals surface area contributed by atoms with E-state index in [4.69, 9.17) is 0 Å². The first-order chi connectivity index (χ1) is 14.8. The van der Waals surface area contributed by atoms with Crippen molar-refractivity contribution in [1.29, 1.82) is 0 Å². The van der Waals surface area contributed by atoms with Crippen LogP contribution in [0.5, 0.6) is 0 Å². The highest BCUT2D eigenvalue weighted by Gasteiger charge is 2.34. The maximum Gasteiger partial charge on any atom is 0.289 e. The summed E-state index contributed by atoms with van der Waals surface area (Å²) < 4.78 is 40.5. The number of halogens is 1. The van der Waals surface area contributed by atoms with Crippen molar-refractivity contribution in [2.75, 3.05) is 26.2 Å². The number of aromatic nitrogens is 1. The molecule has 9 nitrogen and oxygen atoms in total. The number of hydrogen-bond acceptors (Lipinski definition) is 5. The number of nitro groups is 1. The normalized spacial score (nSPS) is 15.3. The van der Waals surface area contributed by atoms with Gasteiger partial charge >= 0.3 is 0 Å². The molecule has 0 aliphatic carbocycles. The van der Waals surface area contributed by atoms with Gasteiger partial charge in [-0.2, -0.15) is 4.31 Å². The molecule has 1 N–H and O–H groups in total. The number of hydrogen-bond donors (Lipinski definition) is 1. The molecule has 1 aliphatic heterocycles. The minimum atomic E-state index is -4.06. The Labute approximate surface area is 177 Å². The van der Waals surface area contributed by atoms with Crippen LogP contribution in [0.4, 0.5) is 10.1 Å². The minimum Gasteiger partial charge on any atom is -0.361 e. The molecule has 2 aromatic carbocycles. The lowest BCUT2D eigenvalue weighted by Gasteiger charge is -2.34. The third-order valence-electron chi connectivity index (χ3n) is 5.34. The van der Waals surface area contributed by atoms with Crippen LogP contribution < -0.4 is 0 Å². The number of rotatable bonds is 5. The smallest absolute Gasteiger partial charge is 0.289 e. The molecule has 1 aliphatic rings. The maximum absolute atomic E-state index is 13.5. The fourth-order valence-electron chi connectivity index (χ4n) is 3.71. The Hall–Kier alpha value is -3.31. The van der Waals surface area contributed by atoms with Crippen molar-refractivity contribution < 1.29 is 22.5 Å². The summed E-state index contributed by atoms with van der Waals surface area (Å²) in [6.45, 7) is 0.385. The molecular formula is C20H19FN4O5S. The molecule has 3 aromatic rings. The largest absolute Gasteiger partial charge is 0.361 e. The Morgan fingerprint density at radius 1 is 1.13 bits per heavy atom. The highest BCUT2D eigenvalue weighted by molar-refractivity contribution is 7.89. The van der Waals surface area contributed by atoms with Gasteiger partial charge in [-0.1, -0.05) is 12.1 Å². The van der Waals surface area contributed by atoms with E-state index >= 15 is 0 Å². The molecule has 0 bridgehead atoms. The number of H-pyrrole nitrogens is 1. The maximum atomic E-state index is 13.5. The second-order valence-electron chi connectivity index (χ2n) is 7.19. The van der Waals surface area contributed by atoms with Gasteiger partial charge in [0, 0.05) is 49.3 Å². The molecular weight excluding hydrogens is 427 g/mol. The van der Waals surface area contributed by atoms with E-state index in [-0.39, 0.29) is 43.4 Å². The van der Waals surface area contributed by atoms with Gasteiger partial charge in [0.1, 0.15) is 5.82 Å². The summed E-state index contributed by atoms with van der Waals surface area (Å²) in [6, 6.07) is 9.50. The summed E-state index contributed by atoms with van der Waals surface area (Å²) >= 11 is 0. The zero-order valence-corrected chi connectivity index (χ0v) is 17.1. The van der Waals surface area contributed by atoms with E-state index in [0.717, 1.165) is 15.9 Å². The van der Waals surface area contributed by atoms with Crippen LogP contribution in [0.1, 0.15) is 5.56 Å². The van der Waals surface area contributed by atoms with Crippen molar-refractivity contribution in [1.82, 2.24) is 14.2 Å². The molecule has 31 heavy (non-hydrogen) atoms. The second kappa shape index (κ2) is 8.08. The van der Waals surface area contributed by atoms with Gasteiger partial charge in [0.05, 0.1) is 11.3 Å². The van der Waals surface area contributed by atoms with Crippen molar-refractivity contribution in [2.45, 2.75) is 11.3 Å². The molecule has 0 radical (unpaired) electrons. The first-order valence-corrected chi connectivity index (χ1v) is 11.0. The van der Waals surface area contributed by atoms with Gasteiger partial charge in [0.15, 0.2) is 4.90 Å². The predicted molar refractivity (Wildman–Crippen MR) is 110 cm³/mol. The van der Waals surface area contributed by atoms with Gasteiger partial charge in [-0.3, -0.25) is 14.9 Å². The molecule has 0 unspecified atom stereocenters. The van der Waals surface area contributed by atoms with Crippen molar-refractivity contribution in [2.24, 2.45) is 0 Å². The van der Waals surface area contributed by atoms with Crippen molar-refractivity contribution in [3.05, 3.63) is 70.2 Å². The zero-order valence-electron chi connectivity index (χ0n) is 16.3. The number of aromatic amines is 1. The molecule has 0 spiro atoms. The van der Waals surface area contributed by atoms with Crippen molar-refractivity contribution in [3.8, 4) is 0 Å². The van der Waals surface area contributed by atoms with E-state index in [9.17, 15) is 27.7 Å². The lowest BCUT2D eigenvalue weighted by molar-refractivity contribution is -0.387. The molecule has 1 fully saturated rings. The number of piperazine rings is 1. The fraction of sp³-hybridized carbons (Fsp3) is 0.250. The molecule has 4 rings (SSSR count). The first-order valence-electron chi connectivity index (χ1n) is 9.54. The number of carbonyl (C=O) groups is 1. The molecule has 0 atom stereocenters. The molecule has 1 aromatic heterocycles. The molecule has 162 valence electrons. The van der Waals surface area contributed by atoms with Gasteiger partial charge in [-0.25, -0.2) is 12.8 Å². The van der Waals surface area contributed by atoms with Crippen molar-refractivity contribution >= 4 is 32.5 Å². The molecule has 0 saturated carbocycles. The number of para-hydroxylation sites is 1. The van der Waals surface area contributed by atoms with Crippen LogP contribution in [0.3, 0.4) is 0 Å². The highest BCUT2D eigenvalue weighted by Crippen LogP contribution is 2.27. The Kier molecular flexibility index (Phi) is 5.46. The summed E-state index contributed by atoms with van der Waals surface area (Å²) in [5.41, 5.74) is 0.909. The van der Waals surface area contributed by atoms with E-state index in [2.05, 4.69) is 4.98 Å². The highest BCUT2D eigenvalue weighted by atomic mass is 32.2. The molecule has 1 amide bonds. The SMILES string of the molecule is O=C(Cc1c[nH]c2ccc(F)cc12)N1CCN(S(=O)(=O)c2ccccc2[N+](=O)[O-])CC1. The molecule has 1 saturated heterocycles. The van der Waals surface area contributed by atoms with Gasteiger partial charge in [-0.15, -0.1) is 0 Å². The summed E-state index contributed by atoms with van der Waals surface area (Å²) in [7, 11) is -4.06. The third kappa shape index (κ3) is 4.01. The van der Waals surface area contributed by atoms with E-state index < -0.39 is 26.5 Å². The molecule has 11 heteroatoms. The Morgan fingerprint density at radius 3 is 2.55 bits per heavy atom. The fourth-order valence-corrected chi connectivity index (χ4v) is 5.29. The summed E-state index contributed by atoms with van der Waals surface area (Å²) in [5.74, 6) is -0.595. The number of nitro benzene ring substituents is 1.